The zero-order chi connectivity index (χ0) is 16.8. The van der Waals surface area contributed by atoms with Crippen molar-refractivity contribution in [1.29, 1.82) is 5.26 Å². The van der Waals surface area contributed by atoms with Gasteiger partial charge in [-0.05, 0) is 39.0 Å². The summed E-state index contributed by atoms with van der Waals surface area (Å²) < 4.78 is 10.8. The highest BCUT2D eigenvalue weighted by Crippen LogP contribution is 2.48. The van der Waals surface area contributed by atoms with Crippen LogP contribution in [0.3, 0.4) is 0 Å². The molecule has 6 nitrogen and oxygen atoms in total. The molecular formula is C17H18N2O4. The van der Waals surface area contributed by atoms with E-state index >= 15 is 0 Å². The molecule has 3 rings (SSSR count). The fourth-order valence-electron chi connectivity index (χ4n) is 2.83. The highest BCUT2D eigenvalue weighted by molar-refractivity contribution is 6.04. The van der Waals surface area contributed by atoms with Crippen molar-refractivity contribution in [2.75, 3.05) is 6.61 Å². The summed E-state index contributed by atoms with van der Waals surface area (Å²) in [5, 5.41) is 20.2. The van der Waals surface area contributed by atoms with E-state index in [-0.39, 0.29) is 19.0 Å². The van der Waals surface area contributed by atoms with E-state index in [2.05, 4.69) is 11.1 Å². The van der Waals surface area contributed by atoms with E-state index < -0.39 is 17.2 Å². The number of ether oxygens (including phenoxy) is 2. The number of hydrogen-bond acceptors (Lipinski definition) is 6. The average Bonchev–Trinajstić information content (AvgIpc) is 2.89. The first kappa shape index (κ1) is 15.5. The van der Waals surface area contributed by atoms with Crippen molar-refractivity contribution in [1.82, 2.24) is 0 Å². The zero-order valence-electron chi connectivity index (χ0n) is 13.3. The lowest BCUT2D eigenvalue weighted by Gasteiger charge is -2.48. The second-order valence-electron chi connectivity index (χ2n) is 6.56. The predicted octanol–water partition coefficient (Wildman–Crippen LogP) is 1.91. The molecule has 0 saturated carbocycles. The molecule has 0 aliphatic carbocycles. The molecule has 0 radical (unpaired) electrons. The van der Waals surface area contributed by atoms with Crippen LogP contribution < -0.4 is 4.74 Å². The number of aliphatic hydroxyl groups is 1. The van der Waals surface area contributed by atoms with Gasteiger partial charge < -0.3 is 14.6 Å². The second-order valence-corrected chi connectivity index (χ2v) is 6.56. The lowest BCUT2D eigenvalue weighted by atomic mass is 9.75. The van der Waals surface area contributed by atoms with Crippen LogP contribution in [0.15, 0.2) is 23.2 Å². The number of aliphatic imine (C=N–C) groups is 1. The maximum absolute atomic E-state index is 11.3. The van der Waals surface area contributed by atoms with Crippen molar-refractivity contribution in [3.05, 3.63) is 29.3 Å². The Kier molecular flexibility index (Phi) is 3.42. The molecule has 1 saturated heterocycles. The van der Waals surface area contributed by atoms with Crippen LogP contribution in [0, 0.1) is 11.3 Å². The molecule has 2 heterocycles. The third kappa shape index (κ3) is 2.47. The second kappa shape index (κ2) is 5.07. The molecule has 2 unspecified atom stereocenters. The molecule has 1 aromatic rings. The quantitative estimate of drug-likeness (QED) is 0.799. The maximum atomic E-state index is 11.3. The van der Waals surface area contributed by atoms with Crippen LogP contribution in [0.4, 0.5) is 0 Å². The number of fused-ring (bicyclic) bond motifs is 1. The Morgan fingerprint density at radius 1 is 1.39 bits per heavy atom. The number of nitriles is 1. The van der Waals surface area contributed by atoms with Gasteiger partial charge in [0, 0.05) is 5.56 Å². The number of esters is 1. The van der Waals surface area contributed by atoms with Gasteiger partial charge in [-0.25, -0.2) is 0 Å². The van der Waals surface area contributed by atoms with Crippen LogP contribution in [-0.4, -0.2) is 34.6 Å². The summed E-state index contributed by atoms with van der Waals surface area (Å²) >= 11 is 0. The van der Waals surface area contributed by atoms with E-state index in [9.17, 15) is 9.90 Å². The van der Waals surface area contributed by atoms with Gasteiger partial charge in [0.05, 0.1) is 23.8 Å². The van der Waals surface area contributed by atoms with E-state index in [4.69, 9.17) is 14.7 Å². The largest absolute Gasteiger partial charge is 0.484 e. The smallest absolute Gasteiger partial charge is 0.312 e. The molecular weight excluding hydrogens is 296 g/mol. The molecule has 1 fully saturated rings. The van der Waals surface area contributed by atoms with Gasteiger partial charge in [-0.3, -0.25) is 9.79 Å². The molecule has 2 aliphatic heterocycles. The van der Waals surface area contributed by atoms with Gasteiger partial charge in [-0.15, -0.1) is 0 Å². The van der Waals surface area contributed by atoms with E-state index in [1.807, 2.05) is 0 Å². The Hall–Kier alpha value is -2.39. The summed E-state index contributed by atoms with van der Waals surface area (Å²) in [6.07, 6.45) is 0.126. The van der Waals surface area contributed by atoms with Crippen LogP contribution in [0.2, 0.25) is 0 Å². The van der Waals surface area contributed by atoms with Gasteiger partial charge in [-0.2, -0.15) is 5.26 Å². The minimum atomic E-state index is -1.31. The van der Waals surface area contributed by atoms with Crippen molar-refractivity contribution in [3.63, 3.8) is 0 Å². The highest BCUT2D eigenvalue weighted by Gasteiger charge is 2.53. The Morgan fingerprint density at radius 2 is 2.13 bits per heavy atom. The standard InChI is InChI=1S/C17H18N2O4/c1-16(2)17(3,21)15(19-11-7-14(20)22-9-11)12-6-10(8-18)4-5-13(12)23-16/h4-6,15,21H,7,9H2,1-3H3. The molecule has 1 aromatic carbocycles. The summed E-state index contributed by atoms with van der Waals surface area (Å²) in [5.41, 5.74) is -0.502. The summed E-state index contributed by atoms with van der Waals surface area (Å²) in [5.74, 6) is 0.265. The van der Waals surface area contributed by atoms with Gasteiger partial charge in [0.1, 0.15) is 29.6 Å². The number of hydrogen-bond donors (Lipinski definition) is 1. The number of rotatable bonds is 1. The van der Waals surface area contributed by atoms with E-state index in [0.717, 1.165) is 0 Å². The third-order valence-electron chi connectivity index (χ3n) is 4.61. The van der Waals surface area contributed by atoms with Crippen LogP contribution in [-0.2, 0) is 9.53 Å². The van der Waals surface area contributed by atoms with Crippen LogP contribution in [0.5, 0.6) is 5.75 Å². The molecule has 2 aliphatic rings. The lowest BCUT2D eigenvalue weighted by molar-refractivity contribution is -0.137. The number of nitrogens with zero attached hydrogens (tertiary/aromatic N) is 2. The molecule has 2 atom stereocenters. The maximum Gasteiger partial charge on any atom is 0.312 e. The molecule has 0 bridgehead atoms. The Labute approximate surface area is 134 Å². The van der Waals surface area contributed by atoms with Gasteiger partial charge in [-0.1, -0.05) is 0 Å². The molecule has 120 valence electrons. The van der Waals surface area contributed by atoms with Crippen molar-refractivity contribution in [3.8, 4) is 11.8 Å². The molecule has 6 heteroatoms. The summed E-state index contributed by atoms with van der Waals surface area (Å²) in [6, 6.07) is 6.50. The SMILES string of the molecule is CC1(C)Oc2ccc(C#N)cc2C(N=C2COC(=O)C2)C1(C)O. The molecule has 23 heavy (non-hydrogen) atoms. The predicted molar refractivity (Wildman–Crippen MR) is 82.2 cm³/mol. The summed E-state index contributed by atoms with van der Waals surface area (Å²) in [4.78, 5) is 15.9. The first-order valence-corrected chi connectivity index (χ1v) is 7.41. The number of cyclic esters (lactones) is 1. The van der Waals surface area contributed by atoms with Crippen LogP contribution in [0.1, 0.15) is 44.4 Å². The van der Waals surface area contributed by atoms with E-state index in [0.29, 0.717) is 22.6 Å². The Bertz CT molecular complexity index is 743. The average molecular weight is 314 g/mol. The van der Waals surface area contributed by atoms with Gasteiger partial charge in [0.25, 0.3) is 0 Å². The van der Waals surface area contributed by atoms with Crippen molar-refractivity contribution >= 4 is 11.7 Å². The minimum Gasteiger partial charge on any atom is -0.484 e. The van der Waals surface area contributed by atoms with Crippen LogP contribution >= 0.6 is 0 Å². The summed E-state index contributed by atoms with van der Waals surface area (Å²) in [6.45, 7) is 5.37. The topological polar surface area (TPSA) is 91.9 Å². The zero-order valence-corrected chi connectivity index (χ0v) is 13.3. The van der Waals surface area contributed by atoms with Gasteiger partial charge in [0.2, 0.25) is 0 Å². The normalized spacial score (nSPS) is 30.3. The fourth-order valence-corrected chi connectivity index (χ4v) is 2.83. The molecule has 1 N–H and O–H groups in total. The van der Waals surface area contributed by atoms with Gasteiger partial charge in [0.15, 0.2) is 0 Å². The van der Waals surface area contributed by atoms with Crippen LogP contribution in [0.25, 0.3) is 0 Å². The van der Waals surface area contributed by atoms with E-state index in [1.165, 1.54) is 0 Å². The first-order chi connectivity index (χ1) is 10.7. The monoisotopic (exact) mass is 314 g/mol. The summed E-state index contributed by atoms with van der Waals surface area (Å²) in [7, 11) is 0. The lowest BCUT2D eigenvalue weighted by Crippen LogP contribution is -2.58. The number of carbonyl (C=O) groups excluding carboxylic acids is 1. The number of carbonyl (C=O) groups is 1. The van der Waals surface area contributed by atoms with Crippen molar-refractivity contribution in [2.45, 2.75) is 44.4 Å². The highest BCUT2D eigenvalue weighted by atomic mass is 16.5. The van der Waals surface area contributed by atoms with Gasteiger partial charge >= 0.3 is 5.97 Å². The molecule has 0 aromatic heterocycles. The van der Waals surface area contributed by atoms with Crippen molar-refractivity contribution < 1.29 is 19.4 Å². The first-order valence-electron chi connectivity index (χ1n) is 7.41. The van der Waals surface area contributed by atoms with Crippen molar-refractivity contribution in [2.24, 2.45) is 4.99 Å². The Balaban J connectivity index is 2.14. The van der Waals surface area contributed by atoms with E-state index in [1.54, 1.807) is 39.0 Å². The third-order valence-corrected chi connectivity index (χ3v) is 4.61. The molecule has 0 spiro atoms. The molecule has 0 amide bonds. The Morgan fingerprint density at radius 3 is 2.74 bits per heavy atom. The fraction of sp³-hybridized carbons (Fsp3) is 0.471. The number of benzene rings is 1. The minimum absolute atomic E-state index is 0.126.